The van der Waals surface area contributed by atoms with Crippen LogP contribution in [0.25, 0.3) is 0 Å². The van der Waals surface area contributed by atoms with Crippen molar-refractivity contribution in [2.24, 2.45) is 5.92 Å². The minimum atomic E-state index is -0.461. The van der Waals surface area contributed by atoms with Crippen molar-refractivity contribution >= 4 is 11.8 Å². The highest BCUT2D eigenvalue weighted by Crippen LogP contribution is 2.28. The lowest BCUT2D eigenvalue weighted by Crippen LogP contribution is -2.51. The second-order valence-electron chi connectivity index (χ2n) is 6.39. The van der Waals surface area contributed by atoms with Gasteiger partial charge in [0.05, 0.1) is 0 Å². The highest BCUT2D eigenvalue weighted by molar-refractivity contribution is 5.79. The summed E-state index contributed by atoms with van der Waals surface area (Å²) in [5, 5.41) is 8.90. The van der Waals surface area contributed by atoms with Crippen LogP contribution in [0.4, 0.5) is 0 Å². The molecule has 5 heteroatoms. The number of aliphatic hydroxyl groups is 1. The van der Waals surface area contributed by atoms with Crippen LogP contribution in [-0.2, 0) is 9.59 Å². The van der Waals surface area contributed by atoms with Crippen LogP contribution in [0.2, 0.25) is 0 Å². The fourth-order valence-electron chi connectivity index (χ4n) is 3.06. The molecule has 1 fully saturated rings. The number of rotatable bonds is 5. The highest BCUT2D eigenvalue weighted by atomic mass is 16.3. The molecule has 0 aliphatic carbocycles. The Morgan fingerprint density at radius 1 is 1.00 bits per heavy atom. The topological polar surface area (TPSA) is 60.9 Å². The Balaban J connectivity index is 1.94. The maximum Gasteiger partial charge on any atom is 0.248 e. The van der Waals surface area contributed by atoms with Crippen LogP contribution in [-0.4, -0.2) is 59.5 Å². The smallest absolute Gasteiger partial charge is 0.248 e. The number of carbonyl (C=O) groups is 2. The van der Waals surface area contributed by atoms with Crippen molar-refractivity contribution in [3.8, 4) is 0 Å². The maximum atomic E-state index is 12.6. The standard InChI is InChI=1S/C18H26N2O3/c1-14(2)16(15-6-4-3-5-7-15)12-17(22)19-8-10-20(11-9-19)18(23)13-21/h3-7,14,16,21H,8-13H2,1-2H3. The van der Waals surface area contributed by atoms with Gasteiger partial charge in [-0.1, -0.05) is 44.2 Å². The van der Waals surface area contributed by atoms with E-state index in [0.717, 1.165) is 0 Å². The van der Waals surface area contributed by atoms with Gasteiger partial charge in [0.2, 0.25) is 11.8 Å². The van der Waals surface area contributed by atoms with Crippen molar-refractivity contribution < 1.29 is 14.7 Å². The molecule has 1 aromatic rings. The molecular formula is C18H26N2O3. The average Bonchev–Trinajstić information content (AvgIpc) is 2.59. The predicted molar refractivity (Wildman–Crippen MR) is 88.9 cm³/mol. The van der Waals surface area contributed by atoms with E-state index in [1.54, 1.807) is 4.90 Å². The number of piperazine rings is 1. The molecule has 23 heavy (non-hydrogen) atoms. The minimum absolute atomic E-state index is 0.142. The van der Waals surface area contributed by atoms with Crippen molar-refractivity contribution in [3.63, 3.8) is 0 Å². The van der Waals surface area contributed by atoms with Gasteiger partial charge in [-0.25, -0.2) is 0 Å². The number of hydrogen-bond donors (Lipinski definition) is 1. The van der Waals surface area contributed by atoms with Gasteiger partial charge in [-0.15, -0.1) is 0 Å². The summed E-state index contributed by atoms with van der Waals surface area (Å²) in [6.45, 7) is 5.92. The summed E-state index contributed by atoms with van der Waals surface area (Å²) in [6, 6.07) is 10.2. The monoisotopic (exact) mass is 318 g/mol. The normalized spacial score (nSPS) is 16.5. The van der Waals surface area contributed by atoms with E-state index in [1.807, 2.05) is 23.1 Å². The Hall–Kier alpha value is -1.88. The van der Waals surface area contributed by atoms with Crippen LogP contribution in [0, 0.1) is 5.92 Å². The fraction of sp³-hybridized carbons (Fsp3) is 0.556. The molecule has 5 nitrogen and oxygen atoms in total. The van der Waals surface area contributed by atoms with E-state index in [1.165, 1.54) is 5.56 Å². The van der Waals surface area contributed by atoms with Gasteiger partial charge >= 0.3 is 0 Å². The molecule has 1 aliphatic rings. The molecule has 0 radical (unpaired) electrons. The maximum absolute atomic E-state index is 12.6. The number of benzene rings is 1. The largest absolute Gasteiger partial charge is 0.387 e. The number of nitrogens with zero attached hydrogens (tertiary/aromatic N) is 2. The van der Waals surface area contributed by atoms with Gasteiger partial charge in [-0.2, -0.15) is 0 Å². The molecule has 126 valence electrons. The first-order valence-electron chi connectivity index (χ1n) is 8.24. The molecule has 0 spiro atoms. The van der Waals surface area contributed by atoms with Gasteiger partial charge in [0, 0.05) is 32.6 Å². The first-order valence-corrected chi connectivity index (χ1v) is 8.24. The number of hydrogen-bond acceptors (Lipinski definition) is 3. The SMILES string of the molecule is CC(C)C(CC(=O)N1CCN(C(=O)CO)CC1)c1ccccc1. The van der Waals surface area contributed by atoms with Gasteiger partial charge < -0.3 is 14.9 Å². The molecule has 1 unspecified atom stereocenters. The molecular weight excluding hydrogens is 292 g/mol. The summed E-state index contributed by atoms with van der Waals surface area (Å²) < 4.78 is 0. The van der Waals surface area contributed by atoms with Crippen LogP contribution in [0.15, 0.2) is 30.3 Å². The Morgan fingerprint density at radius 2 is 1.52 bits per heavy atom. The fourth-order valence-corrected chi connectivity index (χ4v) is 3.06. The van der Waals surface area contributed by atoms with Gasteiger partial charge in [0.25, 0.3) is 0 Å². The third-order valence-electron chi connectivity index (χ3n) is 4.55. The number of carbonyl (C=O) groups excluding carboxylic acids is 2. The molecule has 1 aliphatic heterocycles. The van der Waals surface area contributed by atoms with Gasteiger partial charge in [-0.3, -0.25) is 9.59 Å². The van der Waals surface area contributed by atoms with Crippen LogP contribution in [0.3, 0.4) is 0 Å². The van der Waals surface area contributed by atoms with Crippen molar-refractivity contribution in [3.05, 3.63) is 35.9 Å². The lowest BCUT2D eigenvalue weighted by Gasteiger charge is -2.35. The molecule has 1 saturated heterocycles. The third-order valence-corrected chi connectivity index (χ3v) is 4.55. The first-order chi connectivity index (χ1) is 11.0. The van der Waals surface area contributed by atoms with Crippen LogP contribution < -0.4 is 0 Å². The highest BCUT2D eigenvalue weighted by Gasteiger charge is 2.27. The summed E-state index contributed by atoms with van der Waals surface area (Å²) in [7, 11) is 0. The summed E-state index contributed by atoms with van der Waals surface area (Å²) in [5.41, 5.74) is 1.20. The van der Waals surface area contributed by atoms with E-state index in [-0.39, 0.29) is 17.7 Å². The minimum Gasteiger partial charge on any atom is -0.387 e. The van der Waals surface area contributed by atoms with E-state index in [9.17, 15) is 9.59 Å². The molecule has 2 rings (SSSR count). The zero-order chi connectivity index (χ0) is 16.8. The summed E-state index contributed by atoms with van der Waals surface area (Å²) >= 11 is 0. The second-order valence-corrected chi connectivity index (χ2v) is 6.39. The Kier molecular flexibility index (Phi) is 6.16. The Morgan fingerprint density at radius 3 is 2.00 bits per heavy atom. The van der Waals surface area contributed by atoms with Crippen molar-refractivity contribution in [2.75, 3.05) is 32.8 Å². The lowest BCUT2D eigenvalue weighted by molar-refractivity contribution is -0.141. The number of aliphatic hydroxyl groups excluding tert-OH is 1. The third kappa shape index (κ3) is 4.55. The quantitative estimate of drug-likeness (QED) is 0.894. The van der Waals surface area contributed by atoms with E-state index in [0.29, 0.717) is 38.5 Å². The van der Waals surface area contributed by atoms with Crippen molar-refractivity contribution in [1.29, 1.82) is 0 Å². The molecule has 0 aromatic heterocycles. The van der Waals surface area contributed by atoms with Crippen molar-refractivity contribution in [2.45, 2.75) is 26.2 Å². The van der Waals surface area contributed by atoms with E-state index >= 15 is 0 Å². The zero-order valence-corrected chi connectivity index (χ0v) is 13.9. The Bertz CT molecular complexity index is 522. The van der Waals surface area contributed by atoms with E-state index < -0.39 is 6.61 Å². The lowest BCUT2D eigenvalue weighted by atomic mass is 9.85. The second kappa shape index (κ2) is 8.11. The summed E-state index contributed by atoms with van der Waals surface area (Å²) in [6.07, 6.45) is 0.496. The molecule has 1 N–H and O–H groups in total. The average molecular weight is 318 g/mol. The molecule has 1 heterocycles. The predicted octanol–water partition coefficient (Wildman–Crippen LogP) is 1.48. The van der Waals surface area contributed by atoms with Gasteiger partial charge in [0.15, 0.2) is 0 Å². The first kappa shape index (κ1) is 17.5. The molecule has 0 bridgehead atoms. The summed E-state index contributed by atoms with van der Waals surface area (Å²) in [4.78, 5) is 27.5. The van der Waals surface area contributed by atoms with Crippen LogP contribution in [0.1, 0.15) is 31.7 Å². The molecule has 1 aromatic carbocycles. The molecule has 1 atom stereocenters. The van der Waals surface area contributed by atoms with Crippen molar-refractivity contribution in [1.82, 2.24) is 9.80 Å². The van der Waals surface area contributed by atoms with Crippen LogP contribution >= 0.6 is 0 Å². The van der Waals surface area contributed by atoms with Gasteiger partial charge in [-0.05, 0) is 17.4 Å². The van der Waals surface area contributed by atoms with E-state index in [2.05, 4.69) is 26.0 Å². The van der Waals surface area contributed by atoms with E-state index in [4.69, 9.17) is 5.11 Å². The van der Waals surface area contributed by atoms with Gasteiger partial charge in [0.1, 0.15) is 6.61 Å². The Labute approximate surface area is 137 Å². The molecule has 0 saturated carbocycles. The van der Waals surface area contributed by atoms with Crippen LogP contribution in [0.5, 0.6) is 0 Å². The number of amides is 2. The molecule has 2 amide bonds. The summed E-state index contributed by atoms with van der Waals surface area (Å²) in [5.74, 6) is 0.476. The zero-order valence-electron chi connectivity index (χ0n) is 13.9.